The first-order valence-corrected chi connectivity index (χ1v) is 5.43. The summed E-state index contributed by atoms with van der Waals surface area (Å²) in [6.45, 7) is 0.776. The number of ether oxygens (including phenoxy) is 1. The zero-order chi connectivity index (χ0) is 11.4. The Kier molecular flexibility index (Phi) is 3.25. The van der Waals surface area contributed by atoms with Crippen molar-refractivity contribution >= 4 is 11.6 Å². The van der Waals surface area contributed by atoms with Gasteiger partial charge in [0, 0.05) is 12.2 Å². The molecule has 16 heavy (non-hydrogen) atoms. The molecule has 0 aromatic heterocycles. The summed E-state index contributed by atoms with van der Waals surface area (Å²) in [4.78, 5) is 13.6. The number of anilines is 1. The van der Waals surface area contributed by atoms with Crippen molar-refractivity contribution in [2.75, 3.05) is 18.6 Å². The second-order valence-electron chi connectivity index (χ2n) is 3.73. The number of amides is 1. The normalized spacial score (nSPS) is 16.1. The lowest BCUT2D eigenvalue weighted by Crippen LogP contribution is -2.29. The topological polar surface area (TPSA) is 29.5 Å². The molecule has 0 fully saturated rings. The molecule has 0 aliphatic carbocycles. The van der Waals surface area contributed by atoms with Gasteiger partial charge in [-0.3, -0.25) is 4.79 Å². The number of hydrogen-bond donors (Lipinski definition) is 0. The largest absolute Gasteiger partial charge is 0.497 e. The fraction of sp³-hybridized carbons (Fsp3) is 0.308. The maximum Gasteiger partial charge on any atom is 0.250 e. The third-order valence-corrected chi connectivity index (χ3v) is 2.66. The number of nitrogens with zero attached hydrogens (tertiary/aromatic N) is 1. The van der Waals surface area contributed by atoms with Crippen LogP contribution in [0.5, 0.6) is 5.75 Å². The van der Waals surface area contributed by atoms with E-state index >= 15 is 0 Å². The van der Waals surface area contributed by atoms with E-state index in [-0.39, 0.29) is 5.91 Å². The predicted molar refractivity (Wildman–Crippen MR) is 63.7 cm³/mol. The van der Waals surface area contributed by atoms with Crippen LogP contribution < -0.4 is 9.64 Å². The summed E-state index contributed by atoms with van der Waals surface area (Å²) in [6, 6.07) is 7.57. The van der Waals surface area contributed by atoms with Gasteiger partial charge < -0.3 is 9.64 Å². The van der Waals surface area contributed by atoms with Crippen molar-refractivity contribution in [1.82, 2.24) is 0 Å². The molecule has 0 spiro atoms. The van der Waals surface area contributed by atoms with E-state index in [1.165, 1.54) is 0 Å². The summed E-state index contributed by atoms with van der Waals surface area (Å²) in [5.41, 5.74) is 0.928. The molecule has 0 bridgehead atoms. The van der Waals surface area contributed by atoms with Crippen LogP contribution in [-0.2, 0) is 4.79 Å². The fourth-order valence-electron chi connectivity index (χ4n) is 1.77. The average molecular weight is 217 g/mol. The molecule has 0 N–H and O–H groups in total. The first-order valence-electron chi connectivity index (χ1n) is 5.43. The summed E-state index contributed by atoms with van der Waals surface area (Å²) >= 11 is 0. The maximum atomic E-state index is 11.8. The highest BCUT2D eigenvalue weighted by atomic mass is 16.5. The summed E-state index contributed by atoms with van der Waals surface area (Å²) in [7, 11) is 1.63. The molecule has 1 amide bonds. The van der Waals surface area contributed by atoms with E-state index in [0.717, 1.165) is 30.8 Å². The Morgan fingerprint density at radius 3 is 2.69 bits per heavy atom. The standard InChI is InChI=1S/C13H15NO2/c1-16-12-8-6-11(7-9-12)14-10-4-2-3-5-13(14)15/h3,5-9H,2,4,10H2,1H3. The molecule has 1 aliphatic heterocycles. The molecule has 3 heteroatoms. The number of hydrogen-bond acceptors (Lipinski definition) is 2. The van der Waals surface area contributed by atoms with Gasteiger partial charge in [0.1, 0.15) is 5.75 Å². The summed E-state index contributed by atoms with van der Waals surface area (Å²) in [6.07, 6.45) is 5.57. The second kappa shape index (κ2) is 4.84. The molecular formula is C13H15NO2. The van der Waals surface area contributed by atoms with Crippen LogP contribution >= 0.6 is 0 Å². The Hall–Kier alpha value is -1.77. The lowest BCUT2D eigenvalue weighted by atomic mass is 10.2. The lowest BCUT2D eigenvalue weighted by Gasteiger charge is -2.20. The van der Waals surface area contributed by atoms with Gasteiger partial charge in [-0.15, -0.1) is 0 Å². The van der Waals surface area contributed by atoms with Gasteiger partial charge in [0.05, 0.1) is 7.11 Å². The highest BCUT2D eigenvalue weighted by molar-refractivity contribution is 6.01. The first kappa shape index (κ1) is 10.7. The molecule has 1 aliphatic rings. The molecule has 0 radical (unpaired) electrons. The number of carbonyl (C=O) groups is 1. The van der Waals surface area contributed by atoms with E-state index in [9.17, 15) is 4.79 Å². The second-order valence-corrected chi connectivity index (χ2v) is 3.73. The minimum atomic E-state index is 0.0580. The van der Waals surface area contributed by atoms with E-state index in [2.05, 4.69) is 0 Å². The van der Waals surface area contributed by atoms with Crippen molar-refractivity contribution < 1.29 is 9.53 Å². The van der Waals surface area contributed by atoms with Gasteiger partial charge in [0.2, 0.25) is 0 Å². The number of rotatable bonds is 2. The Morgan fingerprint density at radius 1 is 1.25 bits per heavy atom. The lowest BCUT2D eigenvalue weighted by molar-refractivity contribution is -0.114. The van der Waals surface area contributed by atoms with Crippen molar-refractivity contribution in [3.05, 3.63) is 36.4 Å². The molecule has 0 unspecified atom stereocenters. The number of methoxy groups -OCH3 is 1. The molecule has 0 atom stereocenters. The average Bonchev–Trinajstić information content (AvgIpc) is 2.54. The fourth-order valence-corrected chi connectivity index (χ4v) is 1.77. The number of carbonyl (C=O) groups excluding carboxylic acids is 1. The molecule has 0 saturated carbocycles. The van der Waals surface area contributed by atoms with Crippen molar-refractivity contribution in [3.8, 4) is 5.75 Å². The molecule has 2 rings (SSSR count). The highest BCUT2D eigenvalue weighted by Crippen LogP contribution is 2.21. The summed E-state index contributed by atoms with van der Waals surface area (Å²) in [5, 5.41) is 0. The van der Waals surface area contributed by atoms with Gasteiger partial charge in [0.25, 0.3) is 5.91 Å². The van der Waals surface area contributed by atoms with Crippen LogP contribution in [0.25, 0.3) is 0 Å². The van der Waals surface area contributed by atoms with Crippen LogP contribution in [0.4, 0.5) is 5.69 Å². The van der Waals surface area contributed by atoms with E-state index in [1.807, 2.05) is 30.3 Å². The molecule has 0 saturated heterocycles. The quantitative estimate of drug-likeness (QED) is 0.761. The zero-order valence-electron chi connectivity index (χ0n) is 9.35. The Bertz CT molecular complexity index is 395. The van der Waals surface area contributed by atoms with E-state index in [1.54, 1.807) is 18.1 Å². The monoisotopic (exact) mass is 217 g/mol. The zero-order valence-corrected chi connectivity index (χ0v) is 9.35. The third kappa shape index (κ3) is 2.24. The van der Waals surface area contributed by atoms with Gasteiger partial charge in [-0.2, -0.15) is 0 Å². The molecule has 1 heterocycles. The van der Waals surface area contributed by atoms with Gasteiger partial charge in [0.15, 0.2) is 0 Å². The molecule has 1 aromatic rings. The van der Waals surface area contributed by atoms with Gasteiger partial charge >= 0.3 is 0 Å². The van der Waals surface area contributed by atoms with Crippen LogP contribution in [-0.4, -0.2) is 19.6 Å². The van der Waals surface area contributed by atoms with Crippen molar-refractivity contribution in [2.24, 2.45) is 0 Å². The van der Waals surface area contributed by atoms with Crippen LogP contribution in [0, 0.1) is 0 Å². The van der Waals surface area contributed by atoms with Crippen molar-refractivity contribution in [2.45, 2.75) is 12.8 Å². The first-order chi connectivity index (χ1) is 7.81. The van der Waals surface area contributed by atoms with E-state index in [0.29, 0.717) is 0 Å². The van der Waals surface area contributed by atoms with E-state index < -0.39 is 0 Å². The van der Waals surface area contributed by atoms with Gasteiger partial charge in [-0.1, -0.05) is 6.08 Å². The predicted octanol–water partition coefficient (Wildman–Crippen LogP) is 2.38. The number of allylic oxidation sites excluding steroid dienone is 1. The molecule has 1 aromatic carbocycles. The Morgan fingerprint density at radius 2 is 2.00 bits per heavy atom. The Labute approximate surface area is 95.3 Å². The molecule has 3 nitrogen and oxygen atoms in total. The van der Waals surface area contributed by atoms with Crippen LogP contribution in [0.15, 0.2) is 36.4 Å². The third-order valence-electron chi connectivity index (χ3n) is 2.66. The molecule has 84 valence electrons. The van der Waals surface area contributed by atoms with Crippen LogP contribution in [0.2, 0.25) is 0 Å². The molecular weight excluding hydrogens is 202 g/mol. The van der Waals surface area contributed by atoms with Crippen molar-refractivity contribution in [3.63, 3.8) is 0 Å². The minimum Gasteiger partial charge on any atom is -0.497 e. The van der Waals surface area contributed by atoms with Gasteiger partial charge in [-0.25, -0.2) is 0 Å². The summed E-state index contributed by atoms with van der Waals surface area (Å²) in [5.74, 6) is 0.865. The van der Waals surface area contributed by atoms with Crippen LogP contribution in [0.3, 0.4) is 0 Å². The smallest absolute Gasteiger partial charge is 0.250 e. The van der Waals surface area contributed by atoms with Crippen LogP contribution in [0.1, 0.15) is 12.8 Å². The summed E-state index contributed by atoms with van der Waals surface area (Å²) < 4.78 is 5.09. The minimum absolute atomic E-state index is 0.0580. The SMILES string of the molecule is COc1ccc(N2CCCC=CC2=O)cc1. The Balaban J connectivity index is 2.21. The van der Waals surface area contributed by atoms with Crippen molar-refractivity contribution in [1.29, 1.82) is 0 Å². The maximum absolute atomic E-state index is 11.8. The highest BCUT2D eigenvalue weighted by Gasteiger charge is 2.14. The van der Waals surface area contributed by atoms with E-state index in [4.69, 9.17) is 4.74 Å². The van der Waals surface area contributed by atoms with Gasteiger partial charge in [-0.05, 0) is 43.2 Å². The number of benzene rings is 1.